The van der Waals surface area contributed by atoms with E-state index in [2.05, 4.69) is 35.2 Å². The van der Waals surface area contributed by atoms with Gasteiger partial charge in [-0.25, -0.2) is 0 Å². The molecule has 5 rings (SSSR count). The van der Waals surface area contributed by atoms with E-state index < -0.39 is 0 Å². The molecule has 8 heteroatoms. The van der Waals surface area contributed by atoms with E-state index in [1.54, 1.807) is 7.11 Å². The summed E-state index contributed by atoms with van der Waals surface area (Å²) in [6.07, 6.45) is 5.08. The van der Waals surface area contributed by atoms with Gasteiger partial charge in [0.1, 0.15) is 17.1 Å². The first-order chi connectivity index (χ1) is 16.7. The van der Waals surface area contributed by atoms with Gasteiger partial charge < -0.3 is 19.5 Å². The average molecular weight is 483 g/mol. The third-order valence-electron chi connectivity index (χ3n) is 8.21. The maximum Gasteiger partial charge on any atom is 0.238 e. The fourth-order valence-electron chi connectivity index (χ4n) is 5.99. The smallest absolute Gasteiger partial charge is 0.238 e. The molecule has 1 aromatic carbocycles. The van der Waals surface area contributed by atoms with E-state index in [1.807, 2.05) is 36.9 Å². The number of likely N-dealkylation sites (tertiary alicyclic amines) is 1. The van der Waals surface area contributed by atoms with E-state index in [0.29, 0.717) is 6.54 Å². The molecule has 2 aromatic rings. The molecule has 0 aliphatic carbocycles. The lowest BCUT2D eigenvalue weighted by Gasteiger charge is -2.54. The Bertz CT molecular complexity index is 1090. The number of nitrogens with one attached hydrogen (secondary N) is 1. The first-order valence-corrected chi connectivity index (χ1v) is 12.8. The van der Waals surface area contributed by atoms with E-state index in [1.165, 1.54) is 0 Å². The molecule has 1 aromatic heterocycles. The molecule has 0 radical (unpaired) electrons. The Morgan fingerprint density at radius 3 is 2.74 bits per heavy atom. The van der Waals surface area contributed by atoms with Crippen LogP contribution >= 0.6 is 0 Å². The molecular formula is C27H38N4O4. The number of aryl methyl sites for hydroxylation is 2. The number of methoxy groups -OCH3 is 1. The molecule has 35 heavy (non-hydrogen) atoms. The van der Waals surface area contributed by atoms with Gasteiger partial charge in [-0.15, -0.1) is 0 Å². The molecule has 0 bridgehead atoms. The summed E-state index contributed by atoms with van der Waals surface area (Å²) in [5, 5.41) is 7.45. The van der Waals surface area contributed by atoms with Crippen molar-refractivity contribution in [1.82, 2.24) is 14.7 Å². The third-order valence-corrected chi connectivity index (χ3v) is 8.21. The zero-order valence-corrected chi connectivity index (χ0v) is 21.6. The predicted molar refractivity (Wildman–Crippen MR) is 134 cm³/mol. The maximum absolute atomic E-state index is 12.7. The average Bonchev–Trinajstić information content (AvgIpc) is 3.19. The summed E-state index contributed by atoms with van der Waals surface area (Å²) in [6.45, 7) is 12.1. The van der Waals surface area contributed by atoms with Crippen LogP contribution in [0.1, 0.15) is 57.4 Å². The number of nitrogens with zero attached hydrogens (tertiary/aromatic N) is 3. The first-order valence-electron chi connectivity index (χ1n) is 12.8. The lowest BCUT2D eigenvalue weighted by Crippen LogP contribution is -2.54. The minimum atomic E-state index is -0.324. The summed E-state index contributed by atoms with van der Waals surface area (Å²) in [7, 11) is 1.68. The summed E-state index contributed by atoms with van der Waals surface area (Å²) >= 11 is 0. The molecule has 2 atom stereocenters. The third kappa shape index (κ3) is 4.66. The van der Waals surface area contributed by atoms with Crippen LogP contribution in [0.5, 0.6) is 11.5 Å². The van der Waals surface area contributed by atoms with E-state index in [0.717, 1.165) is 73.9 Å². The Kier molecular flexibility index (Phi) is 6.30. The highest BCUT2D eigenvalue weighted by Gasteiger charge is 2.52. The number of hydrogen-bond donors (Lipinski definition) is 1. The van der Waals surface area contributed by atoms with Crippen molar-refractivity contribution in [1.29, 1.82) is 0 Å². The fraction of sp³-hybridized carbons (Fsp3) is 0.630. The van der Waals surface area contributed by atoms with Crippen molar-refractivity contribution in [3.8, 4) is 11.5 Å². The largest absolute Gasteiger partial charge is 0.497 e. The lowest BCUT2D eigenvalue weighted by atomic mass is 9.64. The van der Waals surface area contributed by atoms with Crippen molar-refractivity contribution in [2.24, 2.45) is 11.3 Å². The Labute approximate surface area is 207 Å². The number of fused-ring (bicyclic) bond motifs is 3. The summed E-state index contributed by atoms with van der Waals surface area (Å²) in [6, 6.07) is 6.05. The predicted octanol–water partition coefficient (Wildman–Crippen LogP) is 4.19. The number of amides is 1. The minimum absolute atomic E-state index is 0.0218. The highest BCUT2D eigenvalue weighted by molar-refractivity contribution is 5.92. The lowest BCUT2D eigenvalue weighted by molar-refractivity contribution is -0.174. The quantitative estimate of drug-likeness (QED) is 0.689. The zero-order chi connectivity index (χ0) is 24.8. The van der Waals surface area contributed by atoms with Crippen LogP contribution in [0.25, 0.3) is 0 Å². The number of ether oxygens (including phenoxy) is 3. The van der Waals surface area contributed by atoms with Crippen molar-refractivity contribution in [2.75, 3.05) is 38.7 Å². The van der Waals surface area contributed by atoms with Gasteiger partial charge >= 0.3 is 0 Å². The Hall–Kier alpha value is -2.58. The number of piperidine rings is 1. The number of hydrogen-bond acceptors (Lipinski definition) is 6. The Morgan fingerprint density at radius 1 is 1.29 bits per heavy atom. The van der Waals surface area contributed by atoms with Gasteiger partial charge in [-0.2, -0.15) is 5.10 Å². The van der Waals surface area contributed by atoms with Crippen molar-refractivity contribution in [3.05, 3.63) is 35.7 Å². The summed E-state index contributed by atoms with van der Waals surface area (Å²) in [5.74, 6) is 1.97. The highest BCUT2D eigenvalue weighted by Crippen LogP contribution is 2.55. The van der Waals surface area contributed by atoms with Crippen LogP contribution in [-0.4, -0.2) is 59.5 Å². The van der Waals surface area contributed by atoms with Crippen LogP contribution in [-0.2, 0) is 16.1 Å². The molecular weight excluding hydrogens is 444 g/mol. The van der Waals surface area contributed by atoms with Crippen LogP contribution in [0.3, 0.4) is 0 Å². The van der Waals surface area contributed by atoms with Crippen LogP contribution in [0, 0.1) is 18.3 Å². The first kappa shape index (κ1) is 24.1. The second-order valence-corrected chi connectivity index (χ2v) is 11.0. The number of anilines is 1. The molecule has 2 fully saturated rings. The van der Waals surface area contributed by atoms with Crippen LogP contribution < -0.4 is 14.8 Å². The van der Waals surface area contributed by atoms with Gasteiger partial charge in [-0.3, -0.25) is 14.4 Å². The summed E-state index contributed by atoms with van der Waals surface area (Å²) in [5.41, 5.74) is 2.59. The topological polar surface area (TPSA) is 77.9 Å². The van der Waals surface area contributed by atoms with Crippen LogP contribution in [0.4, 0.5) is 5.69 Å². The van der Waals surface area contributed by atoms with Gasteiger partial charge in [-0.1, -0.05) is 0 Å². The molecule has 3 aliphatic heterocycles. The fourth-order valence-corrected chi connectivity index (χ4v) is 5.99. The highest BCUT2D eigenvalue weighted by atomic mass is 16.5. The molecule has 0 saturated carbocycles. The molecule has 8 nitrogen and oxygen atoms in total. The van der Waals surface area contributed by atoms with Gasteiger partial charge in [0.05, 0.1) is 37.7 Å². The van der Waals surface area contributed by atoms with Gasteiger partial charge in [0.15, 0.2) is 0 Å². The molecule has 1 amide bonds. The van der Waals surface area contributed by atoms with E-state index >= 15 is 0 Å². The second-order valence-electron chi connectivity index (χ2n) is 11.0. The number of carbonyl (C=O) groups excluding carboxylic acids is 1. The van der Waals surface area contributed by atoms with Gasteiger partial charge in [0.2, 0.25) is 5.91 Å². The number of aromatic nitrogens is 2. The molecule has 2 saturated heterocycles. The van der Waals surface area contributed by atoms with E-state index in [4.69, 9.17) is 14.2 Å². The second kappa shape index (κ2) is 9.13. The Balaban J connectivity index is 1.21. The van der Waals surface area contributed by atoms with Crippen molar-refractivity contribution < 1.29 is 19.0 Å². The standard InChI is InChI=1S/C27H38N4O4/c1-6-31-15-22(18(2)29-31)28-24(32)16-30-11-9-27(10-12-30)14-21-25(34-17-27)20-8-7-19(33-5)13-23(20)35-26(21,3)4/h7-8,13,15,21,25H,6,9-12,14,16-17H2,1-5H3,(H,28,32)/t21-,25+/m0/s1. The van der Waals surface area contributed by atoms with E-state index in [9.17, 15) is 4.79 Å². The van der Waals surface area contributed by atoms with E-state index in [-0.39, 0.29) is 28.9 Å². The number of carbonyl (C=O) groups is 1. The maximum atomic E-state index is 12.7. The number of rotatable bonds is 5. The zero-order valence-electron chi connectivity index (χ0n) is 21.6. The molecule has 190 valence electrons. The molecule has 0 unspecified atom stereocenters. The summed E-state index contributed by atoms with van der Waals surface area (Å²) < 4.78 is 20.3. The number of benzene rings is 1. The van der Waals surface area contributed by atoms with Gasteiger partial charge in [0.25, 0.3) is 0 Å². The molecule has 4 heterocycles. The minimum Gasteiger partial charge on any atom is -0.497 e. The van der Waals surface area contributed by atoms with Crippen LogP contribution in [0.2, 0.25) is 0 Å². The van der Waals surface area contributed by atoms with Gasteiger partial charge in [-0.05, 0) is 77.6 Å². The van der Waals surface area contributed by atoms with Crippen molar-refractivity contribution in [2.45, 2.75) is 65.2 Å². The van der Waals surface area contributed by atoms with Gasteiger partial charge in [0, 0.05) is 30.3 Å². The Morgan fingerprint density at radius 2 is 2.06 bits per heavy atom. The van der Waals surface area contributed by atoms with Crippen LogP contribution in [0.15, 0.2) is 24.4 Å². The molecule has 1 N–H and O–H groups in total. The monoisotopic (exact) mass is 482 g/mol. The summed E-state index contributed by atoms with van der Waals surface area (Å²) in [4.78, 5) is 15.0. The SMILES string of the molecule is CCn1cc(NC(=O)CN2CCC3(CC2)CO[C@@H]2c4ccc(OC)cc4OC(C)(C)[C@H]2C3)c(C)n1. The van der Waals surface area contributed by atoms with Crippen molar-refractivity contribution in [3.63, 3.8) is 0 Å². The normalized spacial score (nSPS) is 24.8. The molecule has 3 aliphatic rings. The molecule has 1 spiro atoms. The van der Waals surface area contributed by atoms with Crippen molar-refractivity contribution >= 4 is 11.6 Å².